The van der Waals surface area contributed by atoms with E-state index in [0.29, 0.717) is 42.5 Å². The predicted molar refractivity (Wildman–Crippen MR) is 64.5 cm³/mol. The first-order valence-corrected chi connectivity index (χ1v) is 5.69. The molecule has 1 aromatic rings. The van der Waals surface area contributed by atoms with Crippen LogP contribution in [0, 0.1) is 0 Å². The maximum absolute atomic E-state index is 11.8. The average molecular weight is 236 g/mol. The van der Waals surface area contributed by atoms with Gasteiger partial charge in [-0.15, -0.1) is 0 Å². The number of nitrogen functional groups attached to an aromatic ring is 1. The summed E-state index contributed by atoms with van der Waals surface area (Å²) in [6.07, 6.45) is 0.885. The smallest absolute Gasteiger partial charge is 0.253 e. The molecule has 1 aromatic carbocycles. The van der Waals surface area contributed by atoms with E-state index in [4.69, 9.17) is 15.2 Å². The van der Waals surface area contributed by atoms with Gasteiger partial charge in [-0.3, -0.25) is 4.79 Å². The first-order valence-electron chi connectivity index (χ1n) is 5.69. The molecule has 2 rings (SSSR count). The van der Waals surface area contributed by atoms with Crippen molar-refractivity contribution in [1.82, 2.24) is 5.32 Å². The van der Waals surface area contributed by atoms with E-state index in [1.807, 2.05) is 6.92 Å². The molecular weight excluding hydrogens is 220 g/mol. The highest BCUT2D eigenvalue weighted by Crippen LogP contribution is 2.34. The summed E-state index contributed by atoms with van der Waals surface area (Å²) in [5, 5.41) is 2.78. The number of hydrogen-bond acceptors (Lipinski definition) is 4. The quantitative estimate of drug-likeness (QED) is 0.773. The van der Waals surface area contributed by atoms with Crippen molar-refractivity contribution in [2.24, 2.45) is 0 Å². The maximum Gasteiger partial charge on any atom is 0.253 e. The molecule has 0 aromatic heterocycles. The Morgan fingerprint density at radius 3 is 2.65 bits per heavy atom. The first kappa shape index (κ1) is 11.6. The highest BCUT2D eigenvalue weighted by Gasteiger charge is 2.17. The van der Waals surface area contributed by atoms with Gasteiger partial charge < -0.3 is 20.5 Å². The second-order valence-electron chi connectivity index (χ2n) is 3.84. The summed E-state index contributed by atoms with van der Waals surface area (Å²) in [7, 11) is 0. The minimum Gasteiger partial charge on any atom is -0.486 e. The molecule has 0 atom stereocenters. The van der Waals surface area contributed by atoms with E-state index in [-0.39, 0.29) is 5.91 Å². The van der Waals surface area contributed by atoms with Crippen molar-refractivity contribution >= 4 is 11.6 Å². The molecule has 3 N–H and O–H groups in total. The van der Waals surface area contributed by atoms with Crippen LogP contribution in [0.4, 0.5) is 5.69 Å². The van der Waals surface area contributed by atoms with Gasteiger partial charge in [0.2, 0.25) is 0 Å². The topological polar surface area (TPSA) is 73.6 Å². The van der Waals surface area contributed by atoms with Gasteiger partial charge in [0.1, 0.15) is 13.2 Å². The van der Waals surface area contributed by atoms with E-state index >= 15 is 0 Å². The van der Waals surface area contributed by atoms with Gasteiger partial charge in [-0.05, 0) is 12.5 Å². The molecular formula is C12H16N2O3. The molecule has 1 heterocycles. The monoisotopic (exact) mass is 236 g/mol. The lowest BCUT2D eigenvalue weighted by molar-refractivity contribution is 0.0953. The first-order chi connectivity index (χ1) is 8.22. The second kappa shape index (κ2) is 4.95. The van der Waals surface area contributed by atoms with E-state index in [2.05, 4.69) is 5.32 Å². The number of ether oxygens (including phenoxy) is 2. The Hall–Kier alpha value is -1.91. The minimum atomic E-state index is -0.179. The lowest BCUT2D eigenvalue weighted by atomic mass is 10.1. The van der Waals surface area contributed by atoms with Crippen LogP contribution in [0.2, 0.25) is 0 Å². The lowest BCUT2D eigenvalue weighted by Gasteiger charge is -2.19. The molecule has 0 radical (unpaired) electrons. The molecule has 1 aliphatic heterocycles. The third-order valence-electron chi connectivity index (χ3n) is 2.49. The fourth-order valence-corrected chi connectivity index (χ4v) is 1.63. The number of rotatable bonds is 3. The van der Waals surface area contributed by atoms with Crippen LogP contribution in [-0.2, 0) is 0 Å². The van der Waals surface area contributed by atoms with E-state index in [0.717, 1.165) is 6.42 Å². The summed E-state index contributed by atoms with van der Waals surface area (Å²) in [5.41, 5.74) is 6.66. The number of hydrogen-bond donors (Lipinski definition) is 2. The molecule has 17 heavy (non-hydrogen) atoms. The molecule has 1 aliphatic rings. The molecule has 1 amide bonds. The SMILES string of the molecule is CCCNC(=O)c1cc2c(cc1N)OCCO2. The number of nitrogens with two attached hydrogens (primary N) is 1. The van der Waals surface area contributed by atoms with E-state index in [1.54, 1.807) is 12.1 Å². The van der Waals surface area contributed by atoms with Gasteiger partial charge >= 0.3 is 0 Å². The van der Waals surface area contributed by atoms with E-state index in [9.17, 15) is 4.79 Å². The third-order valence-corrected chi connectivity index (χ3v) is 2.49. The zero-order valence-corrected chi connectivity index (χ0v) is 9.79. The van der Waals surface area contributed by atoms with Gasteiger partial charge in [0, 0.05) is 18.3 Å². The zero-order valence-electron chi connectivity index (χ0n) is 9.79. The number of carbonyl (C=O) groups is 1. The fraction of sp³-hybridized carbons (Fsp3) is 0.417. The Balaban J connectivity index is 2.25. The Morgan fingerprint density at radius 2 is 2.00 bits per heavy atom. The van der Waals surface area contributed by atoms with Crippen molar-refractivity contribution in [2.45, 2.75) is 13.3 Å². The van der Waals surface area contributed by atoms with Crippen molar-refractivity contribution < 1.29 is 14.3 Å². The Bertz CT molecular complexity index is 432. The highest BCUT2D eigenvalue weighted by atomic mass is 16.6. The van der Waals surface area contributed by atoms with Gasteiger partial charge in [-0.2, -0.15) is 0 Å². The minimum absolute atomic E-state index is 0.179. The molecule has 5 heteroatoms. The van der Waals surface area contributed by atoms with Gasteiger partial charge in [0.25, 0.3) is 5.91 Å². The van der Waals surface area contributed by atoms with Crippen LogP contribution >= 0.6 is 0 Å². The van der Waals surface area contributed by atoms with Crippen molar-refractivity contribution in [2.75, 3.05) is 25.5 Å². The third kappa shape index (κ3) is 2.43. The summed E-state index contributed by atoms with van der Waals surface area (Å²) >= 11 is 0. The normalized spacial score (nSPS) is 13.2. The maximum atomic E-state index is 11.8. The van der Waals surface area contributed by atoms with Gasteiger partial charge in [-0.25, -0.2) is 0 Å². The summed E-state index contributed by atoms with van der Waals surface area (Å²) < 4.78 is 10.8. The predicted octanol–water partition coefficient (Wildman–Crippen LogP) is 1.18. The zero-order chi connectivity index (χ0) is 12.3. The molecule has 0 saturated heterocycles. The molecule has 0 unspecified atom stereocenters. The van der Waals surface area contributed by atoms with Crippen molar-refractivity contribution in [3.63, 3.8) is 0 Å². The number of carbonyl (C=O) groups excluding carboxylic acids is 1. The Kier molecular flexibility index (Phi) is 3.37. The summed E-state index contributed by atoms with van der Waals surface area (Å²) in [6, 6.07) is 3.27. The average Bonchev–Trinajstić information content (AvgIpc) is 2.35. The van der Waals surface area contributed by atoms with E-state index in [1.165, 1.54) is 0 Å². The van der Waals surface area contributed by atoms with Gasteiger partial charge in [-0.1, -0.05) is 6.92 Å². The number of benzene rings is 1. The van der Waals surface area contributed by atoms with Gasteiger partial charge in [0.15, 0.2) is 11.5 Å². The van der Waals surface area contributed by atoms with Crippen LogP contribution in [0.3, 0.4) is 0 Å². The van der Waals surface area contributed by atoms with Crippen LogP contribution in [0.25, 0.3) is 0 Å². The molecule has 0 spiro atoms. The molecule has 0 fully saturated rings. The largest absolute Gasteiger partial charge is 0.486 e. The van der Waals surface area contributed by atoms with E-state index < -0.39 is 0 Å². The van der Waals surface area contributed by atoms with Crippen LogP contribution in [0.5, 0.6) is 11.5 Å². The summed E-state index contributed by atoms with van der Waals surface area (Å²) in [6.45, 7) is 3.63. The Labute approximate surface area is 99.9 Å². The van der Waals surface area contributed by atoms with Crippen molar-refractivity contribution in [3.8, 4) is 11.5 Å². The molecule has 5 nitrogen and oxygen atoms in total. The highest BCUT2D eigenvalue weighted by molar-refractivity contribution is 6.00. The number of amides is 1. The second-order valence-corrected chi connectivity index (χ2v) is 3.84. The number of nitrogens with one attached hydrogen (secondary N) is 1. The van der Waals surface area contributed by atoms with Crippen molar-refractivity contribution in [3.05, 3.63) is 17.7 Å². The molecule has 0 aliphatic carbocycles. The number of fused-ring (bicyclic) bond motifs is 1. The lowest BCUT2D eigenvalue weighted by Crippen LogP contribution is -2.25. The molecule has 0 saturated carbocycles. The van der Waals surface area contributed by atoms with Crippen LogP contribution < -0.4 is 20.5 Å². The molecule has 0 bridgehead atoms. The summed E-state index contributed by atoms with van der Waals surface area (Å²) in [4.78, 5) is 11.8. The van der Waals surface area contributed by atoms with Gasteiger partial charge in [0.05, 0.1) is 5.56 Å². The van der Waals surface area contributed by atoms with Crippen LogP contribution in [0.15, 0.2) is 12.1 Å². The fourth-order valence-electron chi connectivity index (χ4n) is 1.63. The van der Waals surface area contributed by atoms with Crippen LogP contribution in [-0.4, -0.2) is 25.7 Å². The number of anilines is 1. The van der Waals surface area contributed by atoms with Crippen LogP contribution in [0.1, 0.15) is 23.7 Å². The standard InChI is InChI=1S/C12H16N2O3/c1-2-3-14-12(15)8-6-10-11(7-9(8)13)17-5-4-16-10/h6-7H,2-5,13H2,1H3,(H,14,15). The molecule has 92 valence electrons. The Morgan fingerprint density at radius 1 is 1.35 bits per heavy atom. The summed E-state index contributed by atoms with van der Waals surface area (Å²) in [5.74, 6) is 0.995. The van der Waals surface area contributed by atoms with Crippen molar-refractivity contribution in [1.29, 1.82) is 0 Å².